The molecule has 1 rings (SSSR count). The van der Waals surface area contributed by atoms with E-state index in [-0.39, 0.29) is 11.5 Å². The molecule has 1 fully saturated rings. The third-order valence-electron chi connectivity index (χ3n) is 4.03. The molecule has 4 heteroatoms. The summed E-state index contributed by atoms with van der Waals surface area (Å²) in [5, 5.41) is 12.8. The molecule has 0 radical (unpaired) electrons. The molecule has 20 heavy (non-hydrogen) atoms. The molecule has 0 saturated heterocycles. The van der Waals surface area contributed by atoms with Crippen LogP contribution in [0.3, 0.4) is 0 Å². The molecular weight excluding hydrogens is 254 g/mol. The fourth-order valence-electron chi connectivity index (χ4n) is 2.69. The summed E-state index contributed by atoms with van der Waals surface area (Å²) in [7, 11) is 0. The van der Waals surface area contributed by atoms with Crippen molar-refractivity contribution in [2.45, 2.75) is 77.9 Å². The number of carboxylic acid groups (broad SMARTS) is 1. The number of nitrogens with one attached hydrogen (secondary N) is 1. The van der Waals surface area contributed by atoms with Gasteiger partial charge in [-0.1, -0.05) is 27.7 Å². The SMILES string of the molecule is CCCNC1(C(=O)O)CCCC(OCCC(C)(C)C)C1. The van der Waals surface area contributed by atoms with E-state index in [9.17, 15) is 9.90 Å². The van der Waals surface area contributed by atoms with E-state index in [0.717, 1.165) is 38.8 Å². The Balaban J connectivity index is 2.52. The summed E-state index contributed by atoms with van der Waals surface area (Å²) in [4.78, 5) is 11.6. The molecule has 1 saturated carbocycles. The summed E-state index contributed by atoms with van der Waals surface area (Å²) in [6, 6.07) is 0. The fourth-order valence-corrected chi connectivity index (χ4v) is 2.69. The van der Waals surface area contributed by atoms with E-state index in [1.807, 2.05) is 0 Å². The van der Waals surface area contributed by atoms with Gasteiger partial charge in [0, 0.05) is 13.0 Å². The highest BCUT2D eigenvalue weighted by Crippen LogP contribution is 2.31. The first-order chi connectivity index (χ1) is 9.29. The summed E-state index contributed by atoms with van der Waals surface area (Å²) in [6.07, 6.45) is 5.23. The number of hydrogen-bond donors (Lipinski definition) is 2. The van der Waals surface area contributed by atoms with Crippen molar-refractivity contribution < 1.29 is 14.6 Å². The summed E-state index contributed by atoms with van der Waals surface area (Å²) < 4.78 is 5.94. The number of rotatable bonds is 7. The van der Waals surface area contributed by atoms with Crippen molar-refractivity contribution in [2.24, 2.45) is 5.41 Å². The highest BCUT2D eigenvalue weighted by molar-refractivity contribution is 5.79. The van der Waals surface area contributed by atoms with Gasteiger partial charge in [0.05, 0.1) is 6.10 Å². The quantitative estimate of drug-likeness (QED) is 0.754. The minimum Gasteiger partial charge on any atom is -0.480 e. The van der Waals surface area contributed by atoms with Gasteiger partial charge in [0.2, 0.25) is 0 Å². The normalized spacial score (nSPS) is 27.5. The molecule has 0 aromatic heterocycles. The zero-order chi connectivity index (χ0) is 15.2. The predicted molar refractivity (Wildman–Crippen MR) is 80.9 cm³/mol. The van der Waals surface area contributed by atoms with Gasteiger partial charge in [-0.3, -0.25) is 4.79 Å². The molecule has 0 bridgehead atoms. The average Bonchev–Trinajstić information content (AvgIpc) is 2.35. The Morgan fingerprint density at radius 1 is 1.45 bits per heavy atom. The maximum Gasteiger partial charge on any atom is 0.323 e. The third-order valence-corrected chi connectivity index (χ3v) is 4.03. The first-order valence-corrected chi connectivity index (χ1v) is 7.89. The molecule has 118 valence electrons. The highest BCUT2D eigenvalue weighted by Gasteiger charge is 2.42. The first-order valence-electron chi connectivity index (χ1n) is 7.89. The second-order valence-electron chi connectivity index (χ2n) is 7.21. The van der Waals surface area contributed by atoms with Crippen molar-refractivity contribution in [1.29, 1.82) is 0 Å². The molecule has 0 heterocycles. The van der Waals surface area contributed by atoms with Crippen molar-refractivity contribution in [3.8, 4) is 0 Å². The molecular formula is C16H31NO3. The number of carboxylic acids is 1. The average molecular weight is 285 g/mol. The Morgan fingerprint density at radius 3 is 2.70 bits per heavy atom. The van der Waals surface area contributed by atoms with E-state index in [1.54, 1.807) is 0 Å². The highest BCUT2D eigenvalue weighted by atomic mass is 16.5. The lowest BCUT2D eigenvalue weighted by Gasteiger charge is -2.38. The lowest BCUT2D eigenvalue weighted by molar-refractivity contribution is -0.149. The van der Waals surface area contributed by atoms with Gasteiger partial charge in [-0.2, -0.15) is 0 Å². The van der Waals surface area contributed by atoms with Crippen LogP contribution in [0.1, 0.15) is 66.2 Å². The van der Waals surface area contributed by atoms with Crippen LogP contribution in [-0.4, -0.2) is 35.9 Å². The Morgan fingerprint density at radius 2 is 2.15 bits per heavy atom. The molecule has 2 unspecified atom stereocenters. The van der Waals surface area contributed by atoms with Gasteiger partial charge >= 0.3 is 5.97 Å². The summed E-state index contributed by atoms with van der Waals surface area (Å²) in [5.74, 6) is -0.727. The Kier molecular flexibility index (Phi) is 6.46. The van der Waals surface area contributed by atoms with Crippen LogP contribution in [0, 0.1) is 5.41 Å². The van der Waals surface area contributed by atoms with Gasteiger partial charge in [0.15, 0.2) is 0 Å². The standard InChI is InChI=1S/C16H31NO3/c1-5-10-17-16(14(18)19)8-6-7-13(12-16)20-11-9-15(2,3)4/h13,17H,5-12H2,1-4H3,(H,18,19). The number of aliphatic carboxylic acids is 1. The summed E-state index contributed by atoms with van der Waals surface area (Å²) in [6.45, 7) is 10.1. The predicted octanol–water partition coefficient (Wildman–Crippen LogP) is 3.20. The minimum atomic E-state index is -0.777. The van der Waals surface area contributed by atoms with E-state index in [1.165, 1.54) is 0 Å². The Labute approximate surface area is 123 Å². The van der Waals surface area contributed by atoms with Crippen LogP contribution in [0.5, 0.6) is 0 Å². The van der Waals surface area contributed by atoms with Gasteiger partial charge in [0.1, 0.15) is 5.54 Å². The lowest BCUT2D eigenvalue weighted by Crippen LogP contribution is -2.56. The zero-order valence-corrected chi connectivity index (χ0v) is 13.5. The molecule has 0 aromatic carbocycles. The van der Waals surface area contributed by atoms with E-state index < -0.39 is 11.5 Å². The van der Waals surface area contributed by atoms with Crippen LogP contribution in [0.15, 0.2) is 0 Å². The first kappa shape index (κ1) is 17.4. The van der Waals surface area contributed by atoms with Crippen molar-refractivity contribution in [3.63, 3.8) is 0 Å². The van der Waals surface area contributed by atoms with Crippen LogP contribution < -0.4 is 5.32 Å². The molecule has 0 spiro atoms. The lowest BCUT2D eigenvalue weighted by atomic mass is 9.80. The number of ether oxygens (including phenoxy) is 1. The minimum absolute atomic E-state index is 0.0755. The van der Waals surface area contributed by atoms with Gasteiger partial charge in [-0.15, -0.1) is 0 Å². The maximum atomic E-state index is 11.6. The Bertz CT molecular complexity index is 311. The monoisotopic (exact) mass is 285 g/mol. The zero-order valence-electron chi connectivity index (χ0n) is 13.5. The molecule has 1 aliphatic rings. The fraction of sp³-hybridized carbons (Fsp3) is 0.938. The van der Waals surface area contributed by atoms with Crippen LogP contribution in [0.25, 0.3) is 0 Å². The van der Waals surface area contributed by atoms with Crippen LogP contribution in [0.4, 0.5) is 0 Å². The van der Waals surface area contributed by atoms with Crippen molar-refractivity contribution in [3.05, 3.63) is 0 Å². The third kappa shape index (κ3) is 5.41. The molecule has 0 aromatic rings. The number of carbonyl (C=O) groups is 1. The summed E-state index contributed by atoms with van der Waals surface area (Å²) in [5.41, 5.74) is -0.514. The van der Waals surface area contributed by atoms with Gasteiger partial charge < -0.3 is 15.2 Å². The van der Waals surface area contributed by atoms with Crippen LogP contribution in [0.2, 0.25) is 0 Å². The van der Waals surface area contributed by atoms with Gasteiger partial charge in [0.25, 0.3) is 0 Å². The number of hydrogen-bond acceptors (Lipinski definition) is 3. The van der Waals surface area contributed by atoms with E-state index >= 15 is 0 Å². The summed E-state index contributed by atoms with van der Waals surface area (Å²) >= 11 is 0. The van der Waals surface area contributed by atoms with Crippen molar-refractivity contribution in [2.75, 3.05) is 13.2 Å². The maximum absolute atomic E-state index is 11.6. The second kappa shape index (κ2) is 7.41. The van der Waals surface area contributed by atoms with E-state index in [2.05, 4.69) is 33.0 Å². The van der Waals surface area contributed by atoms with E-state index in [0.29, 0.717) is 12.8 Å². The molecule has 2 atom stereocenters. The van der Waals surface area contributed by atoms with Crippen LogP contribution in [-0.2, 0) is 9.53 Å². The van der Waals surface area contributed by atoms with Gasteiger partial charge in [-0.05, 0) is 44.1 Å². The molecule has 0 amide bonds. The van der Waals surface area contributed by atoms with Gasteiger partial charge in [-0.25, -0.2) is 0 Å². The molecule has 4 nitrogen and oxygen atoms in total. The van der Waals surface area contributed by atoms with Crippen molar-refractivity contribution >= 4 is 5.97 Å². The van der Waals surface area contributed by atoms with Crippen molar-refractivity contribution in [1.82, 2.24) is 5.32 Å². The molecule has 1 aliphatic carbocycles. The largest absolute Gasteiger partial charge is 0.480 e. The van der Waals surface area contributed by atoms with E-state index in [4.69, 9.17) is 4.74 Å². The Hall–Kier alpha value is -0.610. The van der Waals surface area contributed by atoms with Crippen LogP contribution >= 0.6 is 0 Å². The smallest absolute Gasteiger partial charge is 0.323 e. The molecule has 0 aliphatic heterocycles. The molecule has 2 N–H and O–H groups in total. The topological polar surface area (TPSA) is 58.6 Å². The second-order valence-corrected chi connectivity index (χ2v) is 7.21.